The van der Waals surface area contributed by atoms with Crippen molar-refractivity contribution in [3.63, 3.8) is 0 Å². The van der Waals surface area contributed by atoms with Crippen LogP contribution in [0.2, 0.25) is 0 Å². The van der Waals surface area contributed by atoms with E-state index in [0.29, 0.717) is 5.75 Å². The molecule has 0 bridgehead atoms. The van der Waals surface area contributed by atoms with E-state index in [1.807, 2.05) is 0 Å². The molecule has 86 valence electrons. The topological polar surface area (TPSA) is 71.5 Å². The average molecular weight is 222 g/mol. The monoisotopic (exact) mass is 222 g/mol. The Morgan fingerprint density at radius 3 is 2.94 bits per heavy atom. The van der Waals surface area contributed by atoms with Gasteiger partial charge in [-0.25, -0.2) is 9.78 Å². The summed E-state index contributed by atoms with van der Waals surface area (Å²) in [6.45, 7) is 1.89. The summed E-state index contributed by atoms with van der Waals surface area (Å²) in [6.07, 6.45) is 3.53. The van der Waals surface area contributed by atoms with Gasteiger partial charge in [-0.1, -0.05) is 0 Å². The van der Waals surface area contributed by atoms with Crippen LogP contribution in [0.1, 0.15) is 23.3 Å². The Bertz CT molecular complexity index is 375. The third-order valence-corrected chi connectivity index (χ3v) is 2.54. The van der Waals surface area contributed by atoms with E-state index in [2.05, 4.69) is 10.3 Å². The molecule has 0 aromatic carbocycles. The van der Waals surface area contributed by atoms with Crippen LogP contribution < -0.4 is 10.1 Å². The van der Waals surface area contributed by atoms with Gasteiger partial charge in [0.2, 0.25) is 0 Å². The number of aromatic nitrogens is 1. The number of carboxylic acids is 1. The zero-order valence-electron chi connectivity index (χ0n) is 8.85. The SMILES string of the molecule is O=C(O)c1cc(OC2CCNCC2)ccn1. The summed E-state index contributed by atoms with van der Waals surface area (Å²) in [5.74, 6) is -0.449. The highest BCUT2D eigenvalue weighted by Crippen LogP contribution is 2.16. The smallest absolute Gasteiger partial charge is 0.354 e. The van der Waals surface area contributed by atoms with Crippen LogP contribution in [0.25, 0.3) is 0 Å². The van der Waals surface area contributed by atoms with E-state index >= 15 is 0 Å². The zero-order chi connectivity index (χ0) is 11.4. The van der Waals surface area contributed by atoms with Gasteiger partial charge in [0, 0.05) is 12.3 Å². The van der Waals surface area contributed by atoms with Crippen molar-refractivity contribution in [2.45, 2.75) is 18.9 Å². The first-order valence-corrected chi connectivity index (χ1v) is 5.32. The molecular formula is C11H14N2O3. The van der Waals surface area contributed by atoms with Crippen molar-refractivity contribution in [1.82, 2.24) is 10.3 Å². The van der Waals surface area contributed by atoms with Gasteiger partial charge < -0.3 is 15.2 Å². The summed E-state index contributed by atoms with van der Waals surface area (Å²) >= 11 is 0. The second-order valence-corrected chi connectivity index (χ2v) is 3.75. The molecular weight excluding hydrogens is 208 g/mol. The molecule has 5 heteroatoms. The van der Waals surface area contributed by atoms with Crippen LogP contribution in [0.4, 0.5) is 0 Å². The molecule has 1 aromatic rings. The molecule has 1 saturated heterocycles. The number of pyridine rings is 1. The lowest BCUT2D eigenvalue weighted by Crippen LogP contribution is -2.34. The largest absolute Gasteiger partial charge is 0.490 e. The normalized spacial score (nSPS) is 17.0. The number of ether oxygens (including phenoxy) is 1. The first-order valence-electron chi connectivity index (χ1n) is 5.32. The summed E-state index contributed by atoms with van der Waals surface area (Å²) < 4.78 is 5.70. The fraction of sp³-hybridized carbons (Fsp3) is 0.455. The van der Waals surface area contributed by atoms with E-state index in [1.54, 1.807) is 6.07 Å². The van der Waals surface area contributed by atoms with E-state index in [4.69, 9.17) is 9.84 Å². The van der Waals surface area contributed by atoms with Gasteiger partial charge in [0.1, 0.15) is 11.9 Å². The van der Waals surface area contributed by atoms with Crippen LogP contribution in [-0.2, 0) is 0 Å². The number of nitrogens with zero attached hydrogens (tertiary/aromatic N) is 1. The third kappa shape index (κ3) is 2.70. The summed E-state index contributed by atoms with van der Waals surface area (Å²) in [6, 6.07) is 3.15. The Morgan fingerprint density at radius 1 is 1.50 bits per heavy atom. The third-order valence-electron chi connectivity index (χ3n) is 2.54. The van der Waals surface area contributed by atoms with Crippen molar-refractivity contribution >= 4 is 5.97 Å². The number of hydrogen-bond acceptors (Lipinski definition) is 4. The molecule has 5 nitrogen and oxygen atoms in total. The number of hydrogen-bond donors (Lipinski definition) is 2. The van der Waals surface area contributed by atoms with Gasteiger partial charge >= 0.3 is 5.97 Å². The Balaban J connectivity index is 2.02. The van der Waals surface area contributed by atoms with Gasteiger partial charge in [0.25, 0.3) is 0 Å². The quantitative estimate of drug-likeness (QED) is 0.795. The standard InChI is InChI=1S/C11H14N2O3/c14-11(15)10-7-9(3-6-13-10)16-8-1-4-12-5-2-8/h3,6-8,12H,1-2,4-5H2,(H,14,15). The van der Waals surface area contributed by atoms with E-state index in [1.165, 1.54) is 12.3 Å². The molecule has 16 heavy (non-hydrogen) atoms. The van der Waals surface area contributed by atoms with Crippen molar-refractivity contribution in [2.75, 3.05) is 13.1 Å². The van der Waals surface area contributed by atoms with Gasteiger partial charge in [-0.05, 0) is 32.0 Å². The first kappa shape index (κ1) is 10.9. The van der Waals surface area contributed by atoms with Gasteiger partial charge in [0.15, 0.2) is 5.69 Å². The highest BCUT2D eigenvalue weighted by molar-refractivity contribution is 5.85. The average Bonchev–Trinajstić information content (AvgIpc) is 2.30. The van der Waals surface area contributed by atoms with E-state index in [-0.39, 0.29) is 11.8 Å². The van der Waals surface area contributed by atoms with Crippen LogP contribution >= 0.6 is 0 Å². The molecule has 1 aliphatic heterocycles. The molecule has 1 aromatic heterocycles. The summed E-state index contributed by atoms with van der Waals surface area (Å²) in [4.78, 5) is 14.5. The van der Waals surface area contributed by atoms with Gasteiger partial charge in [-0.2, -0.15) is 0 Å². The lowest BCUT2D eigenvalue weighted by atomic mass is 10.1. The molecule has 1 fully saturated rings. The number of carbonyl (C=O) groups is 1. The number of rotatable bonds is 3. The number of aromatic carboxylic acids is 1. The summed E-state index contributed by atoms with van der Waals surface area (Å²) in [5, 5.41) is 12.0. The van der Waals surface area contributed by atoms with Gasteiger partial charge in [0.05, 0.1) is 0 Å². The van der Waals surface area contributed by atoms with Crippen LogP contribution in [-0.4, -0.2) is 35.3 Å². The predicted octanol–water partition coefficient (Wildman–Crippen LogP) is 0.911. The fourth-order valence-electron chi connectivity index (χ4n) is 1.71. The maximum absolute atomic E-state index is 10.7. The predicted molar refractivity (Wildman–Crippen MR) is 57.7 cm³/mol. The second kappa shape index (κ2) is 4.94. The molecule has 0 spiro atoms. The number of nitrogens with one attached hydrogen (secondary N) is 1. The Hall–Kier alpha value is -1.62. The lowest BCUT2D eigenvalue weighted by molar-refractivity contribution is 0.0689. The van der Waals surface area contributed by atoms with Gasteiger partial charge in [-0.3, -0.25) is 0 Å². The van der Waals surface area contributed by atoms with Crippen LogP contribution in [0, 0.1) is 0 Å². The molecule has 0 saturated carbocycles. The van der Waals surface area contributed by atoms with Crippen LogP contribution in [0.3, 0.4) is 0 Å². The number of piperidine rings is 1. The highest BCUT2D eigenvalue weighted by Gasteiger charge is 2.15. The van der Waals surface area contributed by atoms with Crippen molar-refractivity contribution in [1.29, 1.82) is 0 Å². The molecule has 0 atom stereocenters. The molecule has 2 heterocycles. The van der Waals surface area contributed by atoms with Crippen LogP contribution in [0.5, 0.6) is 5.75 Å². The summed E-state index contributed by atoms with van der Waals surface area (Å²) in [7, 11) is 0. The number of carboxylic acid groups (broad SMARTS) is 1. The van der Waals surface area contributed by atoms with Crippen LogP contribution in [0.15, 0.2) is 18.3 Å². The molecule has 0 radical (unpaired) electrons. The minimum absolute atomic E-state index is 0.0198. The van der Waals surface area contributed by atoms with E-state index < -0.39 is 5.97 Å². The maximum atomic E-state index is 10.7. The Kier molecular flexibility index (Phi) is 3.36. The fourth-order valence-corrected chi connectivity index (χ4v) is 1.71. The molecule has 2 rings (SSSR count). The zero-order valence-corrected chi connectivity index (χ0v) is 8.85. The van der Waals surface area contributed by atoms with Crippen molar-refractivity contribution in [3.05, 3.63) is 24.0 Å². The molecule has 2 N–H and O–H groups in total. The van der Waals surface area contributed by atoms with Crippen molar-refractivity contribution in [2.24, 2.45) is 0 Å². The maximum Gasteiger partial charge on any atom is 0.354 e. The Morgan fingerprint density at radius 2 is 2.25 bits per heavy atom. The van der Waals surface area contributed by atoms with Crippen molar-refractivity contribution < 1.29 is 14.6 Å². The van der Waals surface area contributed by atoms with Crippen molar-refractivity contribution in [3.8, 4) is 5.75 Å². The molecule has 0 unspecified atom stereocenters. The molecule has 0 amide bonds. The second-order valence-electron chi connectivity index (χ2n) is 3.75. The Labute approximate surface area is 93.5 Å². The van der Waals surface area contributed by atoms with E-state index in [9.17, 15) is 4.79 Å². The lowest BCUT2D eigenvalue weighted by Gasteiger charge is -2.23. The minimum Gasteiger partial charge on any atom is -0.490 e. The van der Waals surface area contributed by atoms with Gasteiger partial charge in [-0.15, -0.1) is 0 Å². The molecule has 0 aliphatic carbocycles. The highest BCUT2D eigenvalue weighted by atomic mass is 16.5. The molecule has 1 aliphatic rings. The van der Waals surface area contributed by atoms with E-state index in [0.717, 1.165) is 25.9 Å². The summed E-state index contributed by atoms with van der Waals surface area (Å²) in [5.41, 5.74) is 0.0198. The first-order chi connectivity index (χ1) is 7.75. The minimum atomic E-state index is -1.03.